The van der Waals surface area contributed by atoms with E-state index in [0.29, 0.717) is 29.0 Å². The first-order valence-corrected chi connectivity index (χ1v) is 10.5. The largest absolute Gasteiger partial charge is 0.340 e. The van der Waals surface area contributed by atoms with Gasteiger partial charge in [-0.2, -0.15) is 0 Å². The van der Waals surface area contributed by atoms with Crippen molar-refractivity contribution < 1.29 is 13.6 Å². The number of rotatable bonds is 7. The van der Waals surface area contributed by atoms with Gasteiger partial charge in [-0.3, -0.25) is 4.79 Å². The highest BCUT2D eigenvalue weighted by Crippen LogP contribution is 2.21. The maximum absolute atomic E-state index is 13.8. The van der Waals surface area contributed by atoms with Crippen LogP contribution in [0.5, 0.6) is 0 Å². The predicted octanol–water partition coefficient (Wildman–Crippen LogP) is 5.44. The van der Waals surface area contributed by atoms with E-state index in [1.807, 2.05) is 19.1 Å². The second-order valence-corrected chi connectivity index (χ2v) is 7.69. The summed E-state index contributed by atoms with van der Waals surface area (Å²) in [7, 11) is 0. The standard InChI is InChI=1S/C25H22F2N6O/c1-15-9-10-28-22(11-15)33-24-14-23(29-16(2)30-24)31-19-5-7-20(8-6-19)32-25(34)12-17-3-4-18(26)13-21(17)27/h3-11,13-14H,12H2,1-2H3,(H,32,34)(H2,28,29,30,31,33). The van der Waals surface area contributed by atoms with Gasteiger partial charge in [0, 0.05) is 29.7 Å². The number of carbonyl (C=O) groups excluding carboxylic acids is 1. The molecule has 1 amide bonds. The molecule has 2 aromatic heterocycles. The van der Waals surface area contributed by atoms with Crippen molar-refractivity contribution >= 4 is 34.7 Å². The number of halogens is 2. The maximum atomic E-state index is 13.8. The van der Waals surface area contributed by atoms with E-state index in [-0.39, 0.29) is 12.0 Å². The van der Waals surface area contributed by atoms with Crippen molar-refractivity contribution in [3.63, 3.8) is 0 Å². The minimum atomic E-state index is -0.748. The maximum Gasteiger partial charge on any atom is 0.228 e. The number of pyridine rings is 1. The summed E-state index contributed by atoms with van der Waals surface area (Å²) in [5.41, 5.74) is 2.50. The fourth-order valence-electron chi connectivity index (χ4n) is 3.26. The molecule has 7 nitrogen and oxygen atoms in total. The summed E-state index contributed by atoms with van der Waals surface area (Å²) in [5.74, 6) is 0.622. The molecule has 4 aromatic rings. The molecule has 0 unspecified atom stereocenters. The van der Waals surface area contributed by atoms with Crippen molar-refractivity contribution in [1.29, 1.82) is 0 Å². The van der Waals surface area contributed by atoms with Crippen molar-refractivity contribution in [3.05, 3.63) is 95.4 Å². The molecule has 0 radical (unpaired) electrons. The fraction of sp³-hybridized carbons (Fsp3) is 0.120. The summed E-state index contributed by atoms with van der Waals surface area (Å²) in [6.07, 6.45) is 1.53. The Hall–Kier alpha value is -4.40. The summed E-state index contributed by atoms with van der Waals surface area (Å²) >= 11 is 0. The Morgan fingerprint density at radius 3 is 2.24 bits per heavy atom. The minimum absolute atomic E-state index is 0.126. The summed E-state index contributed by atoms with van der Waals surface area (Å²) in [6.45, 7) is 3.78. The molecule has 0 saturated heterocycles. The molecule has 0 aliphatic heterocycles. The Labute approximate surface area is 195 Å². The molecule has 0 bridgehead atoms. The van der Waals surface area contributed by atoms with Gasteiger partial charge in [0.1, 0.15) is 34.9 Å². The molecule has 9 heteroatoms. The van der Waals surface area contributed by atoms with Gasteiger partial charge in [-0.25, -0.2) is 23.7 Å². The topological polar surface area (TPSA) is 91.8 Å². The molecule has 4 rings (SSSR count). The smallest absolute Gasteiger partial charge is 0.228 e. The number of nitrogens with zero attached hydrogens (tertiary/aromatic N) is 3. The first-order valence-electron chi connectivity index (χ1n) is 10.5. The van der Waals surface area contributed by atoms with E-state index >= 15 is 0 Å². The number of hydrogen-bond acceptors (Lipinski definition) is 6. The van der Waals surface area contributed by atoms with Crippen LogP contribution >= 0.6 is 0 Å². The quantitative estimate of drug-likeness (QED) is 0.340. The Kier molecular flexibility index (Phi) is 6.72. The van der Waals surface area contributed by atoms with Gasteiger partial charge >= 0.3 is 0 Å². The molecule has 0 aliphatic carbocycles. The number of hydrogen-bond donors (Lipinski definition) is 3. The summed E-state index contributed by atoms with van der Waals surface area (Å²) in [6, 6.07) is 15.7. The van der Waals surface area contributed by atoms with Crippen molar-refractivity contribution in [3.8, 4) is 0 Å². The van der Waals surface area contributed by atoms with Crippen LogP contribution in [0.1, 0.15) is 17.0 Å². The average molecular weight is 460 g/mol. The van der Waals surface area contributed by atoms with Crippen LogP contribution in [0.25, 0.3) is 0 Å². The Bertz CT molecular complexity index is 1330. The molecule has 0 fully saturated rings. The van der Waals surface area contributed by atoms with Crippen LogP contribution in [0.15, 0.2) is 66.9 Å². The molecule has 172 valence electrons. The first kappa shape index (κ1) is 22.8. The number of benzene rings is 2. The zero-order valence-electron chi connectivity index (χ0n) is 18.6. The summed E-state index contributed by atoms with van der Waals surface area (Å²) in [5, 5.41) is 9.08. The third-order valence-electron chi connectivity index (χ3n) is 4.82. The lowest BCUT2D eigenvalue weighted by Gasteiger charge is -2.11. The molecule has 0 saturated carbocycles. The number of anilines is 5. The number of aryl methyl sites for hydroxylation is 2. The van der Waals surface area contributed by atoms with E-state index in [9.17, 15) is 13.6 Å². The van der Waals surface area contributed by atoms with Gasteiger partial charge in [0.2, 0.25) is 5.91 Å². The highest BCUT2D eigenvalue weighted by atomic mass is 19.1. The van der Waals surface area contributed by atoms with E-state index in [0.717, 1.165) is 23.4 Å². The molecular formula is C25H22F2N6O. The second kappa shape index (κ2) is 10.0. The van der Waals surface area contributed by atoms with E-state index in [4.69, 9.17) is 0 Å². The van der Waals surface area contributed by atoms with Gasteiger partial charge < -0.3 is 16.0 Å². The highest BCUT2D eigenvalue weighted by Gasteiger charge is 2.10. The zero-order valence-corrected chi connectivity index (χ0v) is 18.6. The Morgan fingerprint density at radius 1 is 0.824 bits per heavy atom. The monoisotopic (exact) mass is 460 g/mol. The van der Waals surface area contributed by atoms with Crippen LogP contribution in [-0.4, -0.2) is 20.9 Å². The van der Waals surface area contributed by atoms with Crippen LogP contribution in [0.2, 0.25) is 0 Å². The van der Waals surface area contributed by atoms with Gasteiger partial charge in [-0.15, -0.1) is 0 Å². The van der Waals surface area contributed by atoms with Gasteiger partial charge in [0.25, 0.3) is 0 Å². The SMILES string of the molecule is Cc1ccnc(Nc2cc(Nc3ccc(NC(=O)Cc4ccc(F)cc4F)cc3)nc(C)n2)c1. The van der Waals surface area contributed by atoms with Gasteiger partial charge in [0.05, 0.1) is 6.42 Å². The third kappa shape index (κ3) is 6.10. The van der Waals surface area contributed by atoms with Gasteiger partial charge in [-0.1, -0.05) is 6.07 Å². The third-order valence-corrected chi connectivity index (χ3v) is 4.82. The molecule has 0 aliphatic rings. The number of amides is 1. The molecule has 2 aromatic carbocycles. The average Bonchev–Trinajstić information content (AvgIpc) is 2.77. The van der Waals surface area contributed by atoms with Crippen molar-refractivity contribution in [2.75, 3.05) is 16.0 Å². The van der Waals surface area contributed by atoms with E-state index < -0.39 is 17.5 Å². The van der Waals surface area contributed by atoms with Crippen LogP contribution in [0, 0.1) is 25.5 Å². The number of nitrogens with one attached hydrogen (secondary N) is 3. The molecule has 0 spiro atoms. The molecule has 3 N–H and O–H groups in total. The first-order chi connectivity index (χ1) is 16.3. The van der Waals surface area contributed by atoms with E-state index in [1.165, 1.54) is 6.07 Å². The lowest BCUT2D eigenvalue weighted by molar-refractivity contribution is -0.115. The summed E-state index contributed by atoms with van der Waals surface area (Å²) in [4.78, 5) is 25.3. The molecule has 0 atom stereocenters. The normalized spacial score (nSPS) is 10.6. The van der Waals surface area contributed by atoms with Crippen LogP contribution in [0.4, 0.5) is 37.6 Å². The van der Waals surface area contributed by atoms with Crippen molar-refractivity contribution in [2.24, 2.45) is 0 Å². The van der Waals surface area contributed by atoms with Crippen LogP contribution in [0.3, 0.4) is 0 Å². The zero-order chi connectivity index (χ0) is 24.1. The van der Waals surface area contributed by atoms with E-state index in [2.05, 4.69) is 30.9 Å². The van der Waals surface area contributed by atoms with Crippen LogP contribution in [-0.2, 0) is 11.2 Å². The fourth-order valence-corrected chi connectivity index (χ4v) is 3.26. The van der Waals surface area contributed by atoms with Crippen molar-refractivity contribution in [2.45, 2.75) is 20.3 Å². The highest BCUT2D eigenvalue weighted by molar-refractivity contribution is 5.92. The molecule has 34 heavy (non-hydrogen) atoms. The molecular weight excluding hydrogens is 438 g/mol. The Balaban J connectivity index is 1.39. The van der Waals surface area contributed by atoms with Gasteiger partial charge in [0.15, 0.2) is 0 Å². The Morgan fingerprint density at radius 2 is 1.53 bits per heavy atom. The van der Waals surface area contributed by atoms with Crippen molar-refractivity contribution in [1.82, 2.24) is 15.0 Å². The van der Waals surface area contributed by atoms with E-state index in [1.54, 1.807) is 43.5 Å². The minimum Gasteiger partial charge on any atom is -0.340 e. The number of aromatic nitrogens is 3. The lowest BCUT2D eigenvalue weighted by atomic mass is 10.1. The van der Waals surface area contributed by atoms with Gasteiger partial charge in [-0.05, 0) is 67.4 Å². The summed E-state index contributed by atoms with van der Waals surface area (Å²) < 4.78 is 26.8. The molecule has 2 heterocycles. The second-order valence-electron chi connectivity index (χ2n) is 7.69. The number of carbonyl (C=O) groups is 1. The van der Waals surface area contributed by atoms with Crippen LogP contribution < -0.4 is 16.0 Å². The predicted molar refractivity (Wildman–Crippen MR) is 127 cm³/mol. The lowest BCUT2D eigenvalue weighted by Crippen LogP contribution is -2.15.